The highest BCUT2D eigenvalue weighted by Gasteiger charge is 2.08. The molecule has 0 saturated heterocycles. The summed E-state index contributed by atoms with van der Waals surface area (Å²) < 4.78 is 5.03. The molecular formula is C15H14N4O2. The van der Waals surface area contributed by atoms with E-state index < -0.39 is 0 Å². The third-order valence-electron chi connectivity index (χ3n) is 2.74. The number of hydrogen-bond acceptors (Lipinski definition) is 5. The van der Waals surface area contributed by atoms with Gasteiger partial charge in [0.1, 0.15) is 0 Å². The van der Waals surface area contributed by atoms with Crippen LogP contribution in [0.4, 0.5) is 5.95 Å². The average molecular weight is 282 g/mol. The van der Waals surface area contributed by atoms with Crippen LogP contribution in [0.15, 0.2) is 30.3 Å². The van der Waals surface area contributed by atoms with Crippen molar-refractivity contribution in [1.29, 1.82) is 5.26 Å². The number of rotatable bonds is 4. The number of ether oxygens (including phenoxy) is 1. The van der Waals surface area contributed by atoms with Gasteiger partial charge in [-0.2, -0.15) is 10.2 Å². The Balaban J connectivity index is 2.04. The van der Waals surface area contributed by atoms with Gasteiger partial charge in [-0.1, -0.05) is 12.1 Å². The monoisotopic (exact) mass is 282 g/mol. The molecule has 0 fully saturated rings. The highest BCUT2D eigenvalue weighted by atomic mass is 16.5. The minimum Gasteiger partial charge on any atom is -0.481 e. The summed E-state index contributed by atoms with van der Waals surface area (Å²) in [6, 6.07) is 10.6. The lowest BCUT2D eigenvalue weighted by atomic mass is 10.1. The number of amides is 1. The van der Waals surface area contributed by atoms with Gasteiger partial charge in [-0.3, -0.25) is 10.1 Å². The predicted molar refractivity (Wildman–Crippen MR) is 76.8 cm³/mol. The number of carbonyl (C=O) groups excluding carboxylic acids is 1. The lowest BCUT2D eigenvalue weighted by Crippen LogP contribution is -2.16. The highest BCUT2D eigenvalue weighted by molar-refractivity contribution is 5.90. The predicted octanol–water partition coefficient (Wildman–Crippen LogP) is 1.85. The molecular weight excluding hydrogens is 268 g/mol. The molecule has 1 aromatic heterocycles. The van der Waals surface area contributed by atoms with Crippen LogP contribution in [-0.2, 0) is 11.2 Å². The van der Waals surface area contributed by atoms with Gasteiger partial charge in [0, 0.05) is 11.8 Å². The van der Waals surface area contributed by atoms with Gasteiger partial charge in [-0.05, 0) is 24.6 Å². The molecule has 0 aliphatic rings. The van der Waals surface area contributed by atoms with Crippen molar-refractivity contribution in [3.63, 3.8) is 0 Å². The van der Waals surface area contributed by atoms with Crippen molar-refractivity contribution in [2.24, 2.45) is 0 Å². The van der Waals surface area contributed by atoms with Gasteiger partial charge in [0.15, 0.2) is 0 Å². The zero-order valence-electron chi connectivity index (χ0n) is 11.8. The molecule has 0 radical (unpaired) electrons. The molecule has 6 nitrogen and oxygen atoms in total. The van der Waals surface area contributed by atoms with Crippen LogP contribution in [-0.4, -0.2) is 23.0 Å². The van der Waals surface area contributed by atoms with Crippen LogP contribution in [0.2, 0.25) is 0 Å². The van der Waals surface area contributed by atoms with Crippen molar-refractivity contribution in [3.8, 4) is 11.9 Å². The Bertz CT molecular complexity index is 690. The van der Waals surface area contributed by atoms with E-state index in [0.29, 0.717) is 17.1 Å². The first-order valence-electron chi connectivity index (χ1n) is 6.29. The first-order valence-corrected chi connectivity index (χ1v) is 6.29. The third-order valence-corrected chi connectivity index (χ3v) is 2.74. The highest BCUT2D eigenvalue weighted by Crippen LogP contribution is 2.12. The minimum atomic E-state index is -0.229. The van der Waals surface area contributed by atoms with Crippen molar-refractivity contribution in [2.75, 3.05) is 12.4 Å². The summed E-state index contributed by atoms with van der Waals surface area (Å²) in [5, 5.41) is 11.4. The molecule has 0 atom stereocenters. The fourth-order valence-corrected chi connectivity index (χ4v) is 1.75. The zero-order valence-corrected chi connectivity index (χ0v) is 11.8. The molecule has 106 valence electrons. The Morgan fingerprint density at radius 1 is 1.33 bits per heavy atom. The van der Waals surface area contributed by atoms with E-state index in [1.807, 2.05) is 6.07 Å². The lowest BCUT2D eigenvalue weighted by molar-refractivity contribution is -0.115. The van der Waals surface area contributed by atoms with Crippen LogP contribution in [0, 0.1) is 18.3 Å². The second kappa shape index (κ2) is 6.48. The number of aromatic nitrogens is 2. The normalized spacial score (nSPS) is 9.76. The van der Waals surface area contributed by atoms with Crippen LogP contribution in [0.3, 0.4) is 0 Å². The second-order valence-electron chi connectivity index (χ2n) is 4.41. The molecule has 21 heavy (non-hydrogen) atoms. The van der Waals surface area contributed by atoms with E-state index in [1.165, 1.54) is 7.11 Å². The van der Waals surface area contributed by atoms with Gasteiger partial charge in [-0.15, -0.1) is 0 Å². The SMILES string of the molecule is COc1cc(C)nc(NC(=O)Cc2ccc(C#N)cc2)n1. The van der Waals surface area contributed by atoms with Crippen LogP contribution in [0.5, 0.6) is 5.88 Å². The van der Waals surface area contributed by atoms with Crippen molar-refractivity contribution in [3.05, 3.63) is 47.2 Å². The Kier molecular flexibility index (Phi) is 4.46. The van der Waals surface area contributed by atoms with Gasteiger partial charge >= 0.3 is 0 Å². The molecule has 1 amide bonds. The van der Waals surface area contributed by atoms with E-state index >= 15 is 0 Å². The summed E-state index contributed by atoms with van der Waals surface area (Å²) in [6.07, 6.45) is 0.186. The number of anilines is 1. The summed E-state index contributed by atoms with van der Waals surface area (Å²) in [4.78, 5) is 20.1. The topological polar surface area (TPSA) is 87.9 Å². The molecule has 0 saturated carbocycles. The van der Waals surface area contributed by atoms with Crippen LogP contribution in [0.1, 0.15) is 16.8 Å². The number of nitrogens with zero attached hydrogens (tertiary/aromatic N) is 3. The summed E-state index contributed by atoms with van der Waals surface area (Å²) >= 11 is 0. The molecule has 0 bridgehead atoms. The first-order chi connectivity index (χ1) is 10.1. The Morgan fingerprint density at radius 3 is 2.67 bits per heavy atom. The van der Waals surface area contributed by atoms with Crippen molar-refractivity contribution in [1.82, 2.24) is 9.97 Å². The van der Waals surface area contributed by atoms with E-state index in [2.05, 4.69) is 15.3 Å². The smallest absolute Gasteiger partial charge is 0.232 e. The van der Waals surface area contributed by atoms with Gasteiger partial charge < -0.3 is 4.74 Å². The molecule has 1 heterocycles. The van der Waals surface area contributed by atoms with Crippen molar-refractivity contribution >= 4 is 11.9 Å². The van der Waals surface area contributed by atoms with Gasteiger partial charge in [-0.25, -0.2) is 4.98 Å². The van der Waals surface area contributed by atoms with E-state index in [9.17, 15) is 4.79 Å². The molecule has 0 aliphatic heterocycles. The summed E-state index contributed by atoms with van der Waals surface area (Å²) in [5.74, 6) is 0.383. The Morgan fingerprint density at radius 2 is 2.05 bits per heavy atom. The Hall–Kier alpha value is -2.94. The fourth-order valence-electron chi connectivity index (χ4n) is 1.75. The fraction of sp³-hybridized carbons (Fsp3) is 0.200. The maximum absolute atomic E-state index is 12.0. The number of carbonyl (C=O) groups is 1. The summed E-state index contributed by atoms with van der Waals surface area (Å²) in [6.45, 7) is 1.79. The summed E-state index contributed by atoms with van der Waals surface area (Å²) in [5.41, 5.74) is 2.08. The van der Waals surface area contributed by atoms with E-state index in [0.717, 1.165) is 5.56 Å². The maximum Gasteiger partial charge on any atom is 0.232 e. The Labute approximate surface area is 122 Å². The quantitative estimate of drug-likeness (QED) is 0.924. The van der Waals surface area contributed by atoms with Gasteiger partial charge in [0.05, 0.1) is 25.2 Å². The van der Waals surface area contributed by atoms with Crippen molar-refractivity contribution < 1.29 is 9.53 Å². The molecule has 2 rings (SSSR count). The van der Waals surface area contributed by atoms with Crippen molar-refractivity contribution in [2.45, 2.75) is 13.3 Å². The number of methoxy groups -OCH3 is 1. The maximum atomic E-state index is 12.0. The number of hydrogen-bond donors (Lipinski definition) is 1. The van der Waals surface area contributed by atoms with E-state index in [1.54, 1.807) is 37.3 Å². The van der Waals surface area contributed by atoms with Gasteiger partial charge in [0.2, 0.25) is 17.7 Å². The zero-order chi connectivity index (χ0) is 15.2. The van der Waals surface area contributed by atoms with Crippen LogP contribution in [0.25, 0.3) is 0 Å². The molecule has 0 aliphatic carbocycles. The molecule has 0 unspecified atom stereocenters. The number of benzene rings is 1. The number of nitrogens with one attached hydrogen (secondary N) is 1. The van der Waals surface area contributed by atoms with Crippen LogP contribution >= 0.6 is 0 Å². The molecule has 1 N–H and O–H groups in total. The lowest BCUT2D eigenvalue weighted by Gasteiger charge is -2.06. The summed E-state index contributed by atoms with van der Waals surface area (Å²) in [7, 11) is 1.50. The molecule has 1 aromatic carbocycles. The first kappa shape index (κ1) is 14.5. The minimum absolute atomic E-state index is 0.186. The van der Waals surface area contributed by atoms with E-state index in [-0.39, 0.29) is 18.3 Å². The van der Waals surface area contributed by atoms with Gasteiger partial charge in [0.25, 0.3) is 0 Å². The number of aryl methyl sites for hydroxylation is 1. The van der Waals surface area contributed by atoms with Crippen LogP contribution < -0.4 is 10.1 Å². The average Bonchev–Trinajstić information content (AvgIpc) is 2.47. The third kappa shape index (κ3) is 4.01. The molecule has 0 spiro atoms. The van der Waals surface area contributed by atoms with E-state index in [4.69, 9.17) is 10.00 Å². The molecule has 6 heteroatoms. The second-order valence-corrected chi connectivity index (χ2v) is 4.41. The standard InChI is InChI=1S/C15H14N4O2/c1-10-7-14(21-2)19-15(17-10)18-13(20)8-11-3-5-12(9-16)6-4-11/h3-7H,8H2,1-2H3,(H,17,18,19,20). The number of nitriles is 1. The largest absolute Gasteiger partial charge is 0.481 e. The molecule has 2 aromatic rings.